The van der Waals surface area contributed by atoms with E-state index in [-0.39, 0.29) is 117 Å². The predicted molar refractivity (Wildman–Crippen MR) is 300 cm³/mol. The minimum atomic E-state index is -0.964. The number of halogens is 3. The molecule has 0 saturated carbocycles. The van der Waals surface area contributed by atoms with Crippen LogP contribution in [0.5, 0.6) is 6.01 Å². The van der Waals surface area contributed by atoms with Gasteiger partial charge in [-0.2, -0.15) is 9.97 Å². The van der Waals surface area contributed by atoms with Crippen LogP contribution < -0.4 is 31.3 Å². The highest BCUT2D eigenvalue weighted by Crippen LogP contribution is 2.49. The van der Waals surface area contributed by atoms with Crippen molar-refractivity contribution in [1.29, 1.82) is 0 Å². The Balaban J connectivity index is 0.726. The number of carbonyl (C=O) groups excluding carboxylic acids is 3. The highest BCUT2D eigenvalue weighted by Gasteiger charge is 2.45. The number of nitrogens with zero attached hydrogens (tertiary/aromatic N) is 7. The lowest BCUT2D eigenvalue weighted by Gasteiger charge is -2.40. The third kappa shape index (κ3) is 11.4. The van der Waals surface area contributed by atoms with Crippen molar-refractivity contribution in [2.45, 2.75) is 115 Å². The van der Waals surface area contributed by atoms with E-state index in [0.29, 0.717) is 43.9 Å². The summed E-state index contributed by atoms with van der Waals surface area (Å²) in [6.45, 7) is 20.8. The second-order valence-corrected chi connectivity index (χ2v) is 24.2. The van der Waals surface area contributed by atoms with Crippen molar-refractivity contribution < 1.29 is 37.7 Å². The average Bonchev–Trinajstić information content (AvgIpc) is 4.21. The maximum atomic E-state index is 17.2. The lowest BCUT2D eigenvalue weighted by Crippen LogP contribution is -2.58. The quantitative estimate of drug-likeness (QED) is 0.0405. The van der Waals surface area contributed by atoms with Crippen LogP contribution in [0, 0.1) is 30.5 Å². The van der Waals surface area contributed by atoms with E-state index in [2.05, 4.69) is 40.6 Å². The number of piperazine rings is 1. The Bertz CT molecular complexity index is 3280. The number of rotatable bonds is 18. The van der Waals surface area contributed by atoms with Crippen LogP contribution in [-0.4, -0.2) is 136 Å². The lowest BCUT2D eigenvalue weighted by molar-refractivity contribution is -0.144. The number of likely N-dealkylation sites (tertiary alicyclic amines) is 2. The number of β-amino-alcohol motifs (C(OH)–C–C–N with tert-alkyl or cyclic N) is 1. The Labute approximate surface area is 464 Å². The van der Waals surface area contributed by atoms with Gasteiger partial charge in [0, 0.05) is 86.6 Å². The third-order valence-electron chi connectivity index (χ3n) is 15.5. The summed E-state index contributed by atoms with van der Waals surface area (Å²) in [6, 6.07) is 10.5. The number of aliphatic hydroxyl groups excluding tert-OH is 1. The first-order valence-corrected chi connectivity index (χ1v) is 28.6. The zero-order chi connectivity index (χ0) is 55.2. The number of benzene rings is 3. The van der Waals surface area contributed by atoms with Gasteiger partial charge >= 0.3 is 6.01 Å². The SMILES string of the molecule is [C-]#[N+]c1c(N)sc2c(F)ccc(-c3c(Cl)cc4c(N5CC6CCC(C5)N6)nc(OC[C@@H]5CCN5CCCOCCC(=O)N[C@H](C(=O)N5C[C@H](O)C[C@H]5C(=O)N[C@@H](C)c5ccc(-c6scnc6C)cc5)C(C)(C)C)nc4c3F)c12. The van der Waals surface area contributed by atoms with Crippen molar-refractivity contribution in [3.05, 3.63) is 87.3 Å². The highest BCUT2D eigenvalue weighted by atomic mass is 35.5. The number of thiazole rings is 1. The van der Waals surface area contributed by atoms with E-state index in [0.717, 1.165) is 58.8 Å². The fraction of sp³-hybridized carbons (Fsp3) is 0.482. The summed E-state index contributed by atoms with van der Waals surface area (Å²) < 4.78 is 44.6. The standard InChI is InChI=1S/C56H64ClF2N11O6S2/c1-29(31-8-10-32(11-9-31)48-30(2)62-28-77-48)63-53(73)41-22-36(71)26-70(41)54(74)50(56(3,4)5)65-42(72)17-21-75-20-7-18-68-19-16-35(68)27-76-55-66-46-38(52(67-55)69-24-33-12-13-34(25-69)64-33)23-39(57)43(45(46)59)37-14-15-40(58)49-44(37)47(61-6)51(60)78-49/h8-11,14-15,23,28-29,33-36,41,50,64,71H,7,12-13,16-22,24-27,60H2,1-5H3,(H,63,73)(H,65,72)/t29-,33?,34?,35-,36+,41-,50+/m0/s1. The molecule has 2 unspecified atom stereocenters. The Morgan fingerprint density at radius 3 is 2.49 bits per heavy atom. The molecule has 6 aromatic rings. The first kappa shape index (κ1) is 55.2. The van der Waals surface area contributed by atoms with Gasteiger partial charge in [-0.25, -0.2) is 18.6 Å². The van der Waals surface area contributed by atoms with E-state index in [9.17, 15) is 19.5 Å². The zero-order valence-electron chi connectivity index (χ0n) is 44.2. The fourth-order valence-electron chi connectivity index (χ4n) is 11.2. The molecule has 3 aromatic carbocycles. The second kappa shape index (κ2) is 22.9. The van der Waals surface area contributed by atoms with Gasteiger partial charge < -0.3 is 46.1 Å². The summed E-state index contributed by atoms with van der Waals surface area (Å²) in [6.07, 6.45) is 2.77. The van der Waals surface area contributed by atoms with Gasteiger partial charge in [0.15, 0.2) is 5.82 Å². The summed E-state index contributed by atoms with van der Waals surface area (Å²) in [7, 11) is 0. The van der Waals surface area contributed by atoms with Gasteiger partial charge in [-0.15, -0.1) is 22.7 Å². The van der Waals surface area contributed by atoms with Crippen LogP contribution in [0.1, 0.15) is 83.5 Å². The highest BCUT2D eigenvalue weighted by molar-refractivity contribution is 7.23. The Kier molecular flexibility index (Phi) is 16.2. The van der Waals surface area contributed by atoms with Gasteiger partial charge in [-0.05, 0) is 73.8 Å². The molecule has 4 saturated heterocycles. The number of nitrogens with one attached hydrogen (secondary N) is 3. The van der Waals surface area contributed by atoms with Gasteiger partial charge in [-0.3, -0.25) is 19.3 Å². The topological polar surface area (TPSA) is 205 Å². The number of amides is 3. The molecular weight excluding hydrogens is 1060 g/mol. The molecule has 6 N–H and O–H groups in total. The van der Waals surface area contributed by atoms with Gasteiger partial charge in [0.05, 0.1) is 56.1 Å². The lowest BCUT2D eigenvalue weighted by atomic mass is 9.85. The van der Waals surface area contributed by atoms with Gasteiger partial charge in [0.25, 0.3) is 0 Å². The molecule has 22 heteroatoms. The Morgan fingerprint density at radius 2 is 1.81 bits per heavy atom. The number of anilines is 2. The third-order valence-corrected chi connectivity index (χ3v) is 17.8. The normalized spacial score (nSPS) is 21.2. The molecule has 4 aliphatic rings. The van der Waals surface area contributed by atoms with Crippen LogP contribution in [0.4, 0.5) is 25.3 Å². The molecule has 0 aliphatic carbocycles. The molecule has 2 bridgehead atoms. The van der Waals surface area contributed by atoms with Crippen LogP contribution in [0.15, 0.2) is 48.0 Å². The van der Waals surface area contributed by atoms with Crippen molar-refractivity contribution in [2.75, 3.05) is 63.2 Å². The van der Waals surface area contributed by atoms with E-state index < -0.39 is 41.1 Å². The monoisotopic (exact) mass is 1120 g/mol. The number of hydrogen-bond donors (Lipinski definition) is 5. The zero-order valence-corrected chi connectivity index (χ0v) is 46.6. The van der Waals surface area contributed by atoms with Crippen molar-refractivity contribution in [3.63, 3.8) is 0 Å². The first-order chi connectivity index (χ1) is 37.4. The second-order valence-electron chi connectivity index (χ2n) is 21.9. The first-order valence-electron chi connectivity index (χ1n) is 26.5. The van der Waals surface area contributed by atoms with Crippen molar-refractivity contribution in [3.8, 4) is 27.6 Å². The molecule has 10 rings (SSSR count). The van der Waals surface area contributed by atoms with Crippen molar-refractivity contribution >= 4 is 89.5 Å². The summed E-state index contributed by atoms with van der Waals surface area (Å²) in [5.74, 6) is -1.99. The number of fused-ring (bicyclic) bond motifs is 4. The molecule has 17 nitrogen and oxygen atoms in total. The van der Waals surface area contributed by atoms with Gasteiger partial charge in [0.2, 0.25) is 23.4 Å². The van der Waals surface area contributed by atoms with Crippen LogP contribution in [0.25, 0.3) is 47.4 Å². The number of hydrogen-bond acceptors (Lipinski definition) is 15. The predicted octanol–water partition coefficient (Wildman–Crippen LogP) is 8.57. The van der Waals surface area contributed by atoms with E-state index in [1.807, 2.05) is 64.4 Å². The summed E-state index contributed by atoms with van der Waals surface area (Å²) in [5.41, 5.74) is 10.4. The number of thiophene rings is 1. The summed E-state index contributed by atoms with van der Waals surface area (Å²) in [4.78, 5) is 65.6. The molecule has 0 radical (unpaired) electrons. The molecular formula is C56H64ClF2N11O6S2. The fourth-order valence-corrected chi connectivity index (χ4v) is 13.3. The Morgan fingerprint density at radius 1 is 1.05 bits per heavy atom. The summed E-state index contributed by atoms with van der Waals surface area (Å²) >= 11 is 9.43. The molecule has 3 amide bonds. The molecule has 0 spiro atoms. The number of nitrogens with two attached hydrogens (primary N) is 1. The van der Waals surface area contributed by atoms with Crippen molar-refractivity contribution in [2.24, 2.45) is 5.41 Å². The minimum absolute atomic E-state index is 0.00571. The molecule has 78 heavy (non-hydrogen) atoms. The van der Waals surface area contributed by atoms with E-state index in [1.54, 1.807) is 17.4 Å². The molecule has 7 atom stereocenters. The van der Waals surface area contributed by atoms with Crippen LogP contribution in [0.3, 0.4) is 0 Å². The molecule has 4 fully saturated rings. The maximum absolute atomic E-state index is 17.2. The van der Waals surface area contributed by atoms with Crippen LogP contribution >= 0.6 is 34.3 Å². The minimum Gasteiger partial charge on any atom is -0.462 e. The smallest absolute Gasteiger partial charge is 0.319 e. The number of nitrogen functional groups attached to an aromatic ring is 1. The molecule has 412 valence electrons. The Hall–Kier alpha value is -6.12. The van der Waals surface area contributed by atoms with Crippen LogP contribution in [0.2, 0.25) is 5.02 Å². The summed E-state index contributed by atoms with van der Waals surface area (Å²) in [5, 5.41) is 21.1. The van der Waals surface area contributed by atoms with Gasteiger partial charge in [-0.1, -0.05) is 62.7 Å². The molecule has 3 aromatic heterocycles. The van der Waals surface area contributed by atoms with Gasteiger partial charge in [0.1, 0.15) is 35.8 Å². The molecule has 4 aliphatic heterocycles. The average molecular weight is 1120 g/mol. The number of aliphatic hydroxyl groups is 1. The van der Waals surface area contributed by atoms with E-state index in [1.165, 1.54) is 17.0 Å². The number of ether oxygens (including phenoxy) is 2. The number of aryl methyl sites for hydroxylation is 1. The van der Waals surface area contributed by atoms with Crippen LogP contribution in [-0.2, 0) is 19.1 Å². The number of carbonyl (C=O) groups is 3. The molecule has 7 heterocycles. The van der Waals surface area contributed by atoms with E-state index >= 15 is 8.78 Å². The van der Waals surface area contributed by atoms with Crippen molar-refractivity contribution in [1.82, 2.24) is 40.7 Å². The maximum Gasteiger partial charge on any atom is 0.319 e. The largest absolute Gasteiger partial charge is 0.462 e. The number of aromatic nitrogens is 3. The van der Waals surface area contributed by atoms with E-state index in [4.69, 9.17) is 38.4 Å².